The third kappa shape index (κ3) is 2.67. The highest BCUT2D eigenvalue weighted by Gasteiger charge is 2.09. The topological polar surface area (TPSA) is 55.5 Å². The zero-order chi connectivity index (χ0) is 11.4. The van der Waals surface area contributed by atoms with Gasteiger partial charge < -0.3 is 9.73 Å². The molecular formula is C12H16N3O+. The number of hydrogen-bond donors (Lipinski definition) is 1. The molecule has 4 heteroatoms. The van der Waals surface area contributed by atoms with Crippen molar-refractivity contribution >= 4 is 0 Å². The van der Waals surface area contributed by atoms with Gasteiger partial charge in [-0.15, -0.1) is 10.2 Å². The molecule has 84 valence electrons. The molecule has 1 aromatic heterocycles. The number of nitrogens with zero attached hydrogens (tertiary/aromatic N) is 2. The molecule has 0 unspecified atom stereocenters. The van der Waals surface area contributed by atoms with Gasteiger partial charge in [0.05, 0.1) is 6.04 Å². The molecule has 2 rings (SSSR count). The van der Waals surface area contributed by atoms with Crippen LogP contribution >= 0.6 is 0 Å². The van der Waals surface area contributed by atoms with E-state index < -0.39 is 0 Å². The van der Waals surface area contributed by atoms with Gasteiger partial charge in [-0.2, -0.15) is 0 Å². The summed E-state index contributed by atoms with van der Waals surface area (Å²) in [6.07, 6.45) is 0. The molecule has 2 aromatic rings. The van der Waals surface area contributed by atoms with Crippen molar-refractivity contribution < 1.29 is 9.73 Å². The molecule has 0 aliphatic heterocycles. The first-order chi connectivity index (χ1) is 7.75. The highest BCUT2D eigenvalue weighted by molar-refractivity contribution is 5.51. The lowest BCUT2D eigenvalue weighted by Crippen LogP contribution is -2.87. The molecular weight excluding hydrogens is 202 g/mol. The first-order valence-electron chi connectivity index (χ1n) is 5.47. The van der Waals surface area contributed by atoms with Crippen LogP contribution < -0.4 is 5.32 Å². The molecule has 0 spiro atoms. The smallest absolute Gasteiger partial charge is 0.271 e. The molecule has 0 bridgehead atoms. The summed E-state index contributed by atoms with van der Waals surface area (Å²) in [6.45, 7) is 5.00. The Labute approximate surface area is 94.7 Å². The summed E-state index contributed by atoms with van der Waals surface area (Å²) in [6, 6.07) is 10.3. The monoisotopic (exact) mass is 218 g/mol. The molecule has 0 saturated heterocycles. The second kappa shape index (κ2) is 4.90. The van der Waals surface area contributed by atoms with Crippen LogP contribution in [0.3, 0.4) is 0 Å². The summed E-state index contributed by atoms with van der Waals surface area (Å²) in [4.78, 5) is 0. The fourth-order valence-corrected chi connectivity index (χ4v) is 1.37. The number of aromatic nitrogens is 2. The van der Waals surface area contributed by atoms with E-state index in [1.54, 1.807) is 0 Å². The Morgan fingerprint density at radius 2 is 1.94 bits per heavy atom. The van der Waals surface area contributed by atoms with E-state index in [4.69, 9.17) is 4.42 Å². The molecule has 16 heavy (non-hydrogen) atoms. The van der Waals surface area contributed by atoms with Crippen LogP contribution in [0.4, 0.5) is 0 Å². The minimum Gasteiger partial charge on any atom is -0.415 e. The van der Waals surface area contributed by atoms with Gasteiger partial charge >= 0.3 is 0 Å². The lowest BCUT2D eigenvalue weighted by atomic mass is 10.2. The number of benzene rings is 1. The fourth-order valence-electron chi connectivity index (χ4n) is 1.37. The van der Waals surface area contributed by atoms with Crippen molar-refractivity contribution in [3.8, 4) is 11.5 Å². The average Bonchev–Trinajstić information content (AvgIpc) is 2.76. The first kappa shape index (κ1) is 10.8. The summed E-state index contributed by atoms with van der Waals surface area (Å²) >= 11 is 0. The van der Waals surface area contributed by atoms with Gasteiger partial charge in [-0.25, -0.2) is 0 Å². The van der Waals surface area contributed by atoms with Gasteiger partial charge in [-0.3, -0.25) is 0 Å². The Bertz CT molecular complexity index is 437. The molecule has 0 fully saturated rings. The van der Waals surface area contributed by atoms with Crippen molar-refractivity contribution in [2.24, 2.45) is 0 Å². The van der Waals surface area contributed by atoms with E-state index >= 15 is 0 Å². The average molecular weight is 218 g/mol. The molecule has 4 nitrogen and oxygen atoms in total. The molecule has 0 radical (unpaired) electrons. The molecule has 0 saturated carbocycles. The van der Waals surface area contributed by atoms with Crippen LogP contribution in [0, 0.1) is 0 Å². The lowest BCUT2D eigenvalue weighted by molar-refractivity contribution is -0.700. The Kier molecular flexibility index (Phi) is 3.31. The van der Waals surface area contributed by atoms with Crippen LogP contribution in [0.5, 0.6) is 0 Å². The van der Waals surface area contributed by atoms with E-state index in [1.165, 1.54) is 0 Å². The van der Waals surface area contributed by atoms with Crippen LogP contribution in [0.2, 0.25) is 0 Å². The third-order valence-corrected chi connectivity index (χ3v) is 2.25. The van der Waals surface area contributed by atoms with E-state index in [-0.39, 0.29) is 0 Å². The SMILES string of the molecule is CC(C)[NH2+]Cc1nnc(-c2ccccc2)o1. The van der Waals surface area contributed by atoms with Crippen LogP contribution in [0.25, 0.3) is 11.5 Å². The molecule has 0 amide bonds. The van der Waals surface area contributed by atoms with E-state index in [2.05, 4.69) is 29.4 Å². The van der Waals surface area contributed by atoms with Crippen molar-refractivity contribution in [3.63, 3.8) is 0 Å². The summed E-state index contributed by atoms with van der Waals surface area (Å²) in [5, 5.41) is 10.2. The predicted molar refractivity (Wildman–Crippen MR) is 60.5 cm³/mol. The quantitative estimate of drug-likeness (QED) is 0.839. The first-order valence-corrected chi connectivity index (χ1v) is 5.47. The van der Waals surface area contributed by atoms with Gasteiger partial charge in [0.15, 0.2) is 6.54 Å². The van der Waals surface area contributed by atoms with E-state index in [1.807, 2.05) is 30.3 Å². The van der Waals surface area contributed by atoms with Gasteiger partial charge in [0.25, 0.3) is 5.89 Å². The van der Waals surface area contributed by atoms with Crippen LogP contribution in [0.1, 0.15) is 19.7 Å². The molecule has 0 aliphatic carbocycles. The summed E-state index contributed by atoms with van der Waals surface area (Å²) in [5.41, 5.74) is 0.964. The predicted octanol–water partition coefficient (Wildman–Crippen LogP) is 1.21. The molecule has 0 aliphatic rings. The largest absolute Gasteiger partial charge is 0.415 e. The van der Waals surface area contributed by atoms with Gasteiger partial charge in [0.1, 0.15) is 0 Å². The third-order valence-electron chi connectivity index (χ3n) is 2.25. The number of quaternary nitrogens is 1. The minimum absolute atomic E-state index is 0.534. The van der Waals surface area contributed by atoms with E-state index in [0.29, 0.717) is 17.8 Å². The standard InChI is InChI=1S/C12H15N3O/c1-9(2)13-8-11-14-15-12(16-11)10-6-4-3-5-7-10/h3-7,9,13H,8H2,1-2H3/p+1. The second-order valence-electron chi connectivity index (χ2n) is 4.05. The van der Waals surface area contributed by atoms with Crippen LogP contribution in [-0.2, 0) is 6.54 Å². The Morgan fingerprint density at radius 3 is 2.62 bits per heavy atom. The van der Waals surface area contributed by atoms with Gasteiger partial charge in [0.2, 0.25) is 5.89 Å². The second-order valence-corrected chi connectivity index (χ2v) is 4.05. The molecule has 1 aromatic carbocycles. The summed E-state index contributed by atoms with van der Waals surface area (Å²) in [5.74, 6) is 1.26. The maximum Gasteiger partial charge on any atom is 0.271 e. The van der Waals surface area contributed by atoms with Gasteiger partial charge in [0, 0.05) is 5.56 Å². The maximum atomic E-state index is 5.57. The zero-order valence-corrected chi connectivity index (χ0v) is 9.55. The summed E-state index contributed by atoms with van der Waals surface area (Å²) < 4.78 is 5.57. The van der Waals surface area contributed by atoms with Gasteiger partial charge in [-0.1, -0.05) is 18.2 Å². The fraction of sp³-hybridized carbons (Fsp3) is 0.333. The number of rotatable bonds is 4. The Balaban J connectivity index is 2.08. The maximum absolute atomic E-state index is 5.57. The summed E-state index contributed by atoms with van der Waals surface area (Å²) in [7, 11) is 0. The van der Waals surface area contributed by atoms with E-state index in [0.717, 1.165) is 12.1 Å². The minimum atomic E-state index is 0.534. The van der Waals surface area contributed by atoms with Crippen LogP contribution in [-0.4, -0.2) is 16.2 Å². The van der Waals surface area contributed by atoms with Crippen LogP contribution in [0.15, 0.2) is 34.7 Å². The lowest BCUT2D eigenvalue weighted by Gasteiger charge is -2.00. The molecule has 1 heterocycles. The Morgan fingerprint density at radius 1 is 1.19 bits per heavy atom. The highest BCUT2D eigenvalue weighted by atomic mass is 16.4. The molecule has 2 N–H and O–H groups in total. The highest BCUT2D eigenvalue weighted by Crippen LogP contribution is 2.16. The number of hydrogen-bond acceptors (Lipinski definition) is 3. The van der Waals surface area contributed by atoms with Crippen molar-refractivity contribution in [2.75, 3.05) is 0 Å². The van der Waals surface area contributed by atoms with E-state index in [9.17, 15) is 0 Å². The van der Waals surface area contributed by atoms with Crippen molar-refractivity contribution in [1.29, 1.82) is 0 Å². The number of nitrogens with two attached hydrogens (primary N) is 1. The molecule has 0 atom stereocenters. The zero-order valence-electron chi connectivity index (χ0n) is 9.55. The van der Waals surface area contributed by atoms with Crippen molar-refractivity contribution in [2.45, 2.75) is 26.4 Å². The van der Waals surface area contributed by atoms with Crippen molar-refractivity contribution in [3.05, 3.63) is 36.2 Å². The normalized spacial score (nSPS) is 10.9. The Hall–Kier alpha value is -1.68. The van der Waals surface area contributed by atoms with Crippen molar-refractivity contribution in [1.82, 2.24) is 10.2 Å². The van der Waals surface area contributed by atoms with Gasteiger partial charge in [-0.05, 0) is 26.0 Å².